The van der Waals surface area contributed by atoms with Crippen molar-refractivity contribution in [2.45, 2.75) is 71.6 Å². The van der Waals surface area contributed by atoms with Gasteiger partial charge in [0, 0.05) is 31.3 Å². The number of carbonyl (C=O) groups excluding carboxylic acids is 3. The largest absolute Gasteiger partial charge is 0.480 e. The van der Waals surface area contributed by atoms with E-state index in [9.17, 15) is 44.3 Å². The van der Waals surface area contributed by atoms with E-state index in [0.717, 1.165) is 6.20 Å². The summed E-state index contributed by atoms with van der Waals surface area (Å²) >= 11 is 0. The number of hydrogen-bond donors (Lipinski definition) is 6. The fourth-order valence-corrected chi connectivity index (χ4v) is 5.02. The zero-order chi connectivity index (χ0) is 35.6. The normalized spacial score (nSPS) is 15.6. The number of hydrogen-bond acceptors (Lipinski definition) is 9. The number of nitrogens with zero attached hydrogens (tertiary/aromatic N) is 2. The molecule has 2 aromatic carbocycles. The van der Waals surface area contributed by atoms with E-state index in [2.05, 4.69) is 21.3 Å². The maximum Gasteiger partial charge on any atom is 0.326 e. The summed E-state index contributed by atoms with van der Waals surface area (Å²) in [6.45, 7) is 6.85. The first kappa shape index (κ1) is 36.7. The Labute approximate surface area is 277 Å². The van der Waals surface area contributed by atoms with Crippen molar-refractivity contribution >= 4 is 41.0 Å². The number of para-hydroxylation sites is 1. The van der Waals surface area contributed by atoms with Crippen LogP contribution in [0, 0.1) is 15.5 Å². The van der Waals surface area contributed by atoms with Gasteiger partial charge >= 0.3 is 11.9 Å². The third kappa shape index (κ3) is 11.0. The SMILES string of the molecule is CC(=O)N1Cc2cc(N/C(=C/[N+](=O)[O-])Nc3ccccc3)ccc2C1C(=O)NC(C/C=C/CC(NC(=O)CC(C)(C)C)C(=O)O)C(=O)O. The van der Waals surface area contributed by atoms with E-state index in [-0.39, 0.29) is 37.0 Å². The van der Waals surface area contributed by atoms with Gasteiger partial charge in [0.15, 0.2) is 5.82 Å². The average molecular weight is 665 g/mol. The molecule has 3 unspecified atom stereocenters. The molecule has 3 amide bonds. The van der Waals surface area contributed by atoms with Gasteiger partial charge in [-0.15, -0.1) is 0 Å². The minimum Gasteiger partial charge on any atom is -0.480 e. The molecular weight excluding hydrogens is 624 g/mol. The molecule has 6 N–H and O–H groups in total. The van der Waals surface area contributed by atoms with Crippen molar-refractivity contribution in [3.63, 3.8) is 0 Å². The minimum atomic E-state index is -1.40. The van der Waals surface area contributed by atoms with Crippen molar-refractivity contribution in [3.8, 4) is 0 Å². The van der Waals surface area contributed by atoms with Crippen LogP contribution >= 0.6 is 0 Å². The van der Waals surface area contributed by atoms with Crippen LogP contribution in [0.4, 0.5) is 11.4 Å². The lowest BCUT2D eigenvalue weighted by Crippen LogP contribution is -2.46. The van der Waals surface area contributed by atoms with Crippen LogP contribution in [0.25, 0.3) is 0 Å². The van der Waals surface area contributed by atoms with Crippen molar-refractivity contribution in [2.24, 2.45) is 5.41 Å². The molecule has 48 heavy (non-hydrogen) atoms. The van der Waals surface area contributed by atoms with Gasteiger partial charge in [-0.25, -0.2) is 9.59 Å². The smallest absolute Gasteiger partial charge is 0.326 e. The summed E-state index contributed by atoms with van der Waals surface area (Å²) in [6, 6.07) is 9.86. The third-order valence-electron chi connectivity index (χ3n) is 7.16. The van der Waals surface area contributed by atoms with Crippen LogP contribution in [-0.4, -0.2) is 61.8 Å². The number of anilines is 2. The van der Waals surface area contributed by atoms with Gasteiger partial charge in [0.25, 0.3) is 6.20 Å². The maximum absolute atomic E-state index is 13.5. The summed E-state index contributed by atoms with van der Waals surface area (Å²) < 4.78 is 0. The fraction of sp³-hybridized carbons (Fsp3) is 0.364. The molecule has 15 nitrogen and oxygen atoms in total. The van der Waals surface area contributed by atoms with Crippen LogP contribution in [0.15, 0.2) is 72.7 Å². The van der Waals surface area contributed by atoms with Gasteiger partial charge in [0.1, 0.15) is 18.1 Å². The van der Waals surface area contributed by atoms with Gasteiger partial charge in [0.2, 0.25) is 17.7 Å². The van der Waals surface area contributed by atoms with E-state index in [1.165, 1.54) is 24.0 Å². The van der Waals surface area contributed by atoms with Crippen LogP contribution < -0.4 is 21.3 Å². The standard InChI is InChI=1S/C33H40N6O9/c1-20(40)38-18-21-16-23(35-27(19-39(47)48)34-22-10-6-5-7-11-22)14-15-24(21)29(38)30(42)37-26(32(45)46)13-9-8-12-25(31(43)44)36-28(41)17-33(2,3)4/h5-11,14-16,19,25-26,29,34-35H,12-13,17-18H2,1-4H3,(H,36,41)(H,37,42)(H,43,44)(H,45,46)/b9-8+,27-19+. The Morgan fingerprint density at radius 3 is 2.06 bits per heavy atom. The lowest BCUT2D eigenvalue weighted by molar-refractivity contribution is -0.403. The third-order valence-corrected chi connectivity index (χ3v) is 7.16. The van der Waals surface area contributed by atoms with Crippen LogP contribution in [0.5, 0.6) is 0 Å². The zero-order valence-corrected chi connectivity index (χ0v) is 27.1. The lowest BCUT2D eigenvalue weighted by atomic mass is 9.92. The van der Waals surface area contributed by atoms with E-state index >= 15 is 0 Å². The van der Waals surface area contributed by atoms with Crippen molar-refractivity contribution in [2.75, 3.05) is 10.6 Å². The molecule has 0 saturated carbocycles. The fourth-order valence-electron chi connectivity index (χ4n) is 5.02. The molecule has 0 radical (unpaired) electrons. The van der Waals surface area contributed by atoms with Gasteiger partial charge in [-0.2, -0.15) is 0 Å². The number of carboxylic acid groups (broad SMARTS) is 2. The first-order chi connectivity index (χ1) is 22.5. The van der Waals surface area contributed by atoms with Crippen molar-refractivity contribution in [1.29, 1.82) is 0 Å². The van der Waals surface area contributed by atoms with Gasteiger partial charge in [0.05, 0.1) is 4.92 Å². The molecule has 256 valence electrons. The van der Waals surface area contributed by atoms with E-state index in [1.807, 2.05) is 20.8 Å². The first-order valence-corrected chi connectivity index (χ1v) is 15.1. The van der Waals surface area contributed by atoms with E-state index in [0.29, 0.717) is 22.5 Å². The average Bonchev–Trinajstić information content (AvgIpc) is 3.36. The predicted octanol–water partition coefficient (Wildman–Crippen LogP) is 3.60. The molecular formula is C33H40N6O9. The molecule has 0 saturated heterocycles. The maximum atomic E-state index is 13.5. The van der Waals surface area contributed by atoms with Gasteiger partial charge < -0.3 is 36.4 Å². The number of aliphatic carboxylic acids is 2. The van der Waals surface area contributed by atoms with Gasteiger partial charge in [-0.05, 0) is 53.6 Å². The molecule has 15 heteroatoms. The molecule has 3 rings (SSSR count). The number of carbonyl (C=O) groups is 5. The Balaban J connectivity index is 1.72. The summed E-state index contributed by atoms with van der Waals surface area (Å²) in [7, 11) is 0. The Morgan fingerprint density at radius 1 is 0.938 bits per heavy atom. The number of nitrogens with one attached hydrogen (secondary N) is 4. The Hall–Kier alpha value is -5.73. The van der Waals surface area contributed by atoms with Crippen LogP contribution in [0.2, 0.25) is 0 Å². The van der Waals surface area contributed by atoms with Gasteiger partial charge in [-0.3, -0.25) is 24.5 Å². The molecule has 0 spiro atoms. The minimum absolute atomic E-state index is 0.0355. The Bertz CT molecular complexity index is 1600. The second-order valence-corrected chi connectivity index (χ2v) is 12.4. The molecule has 1 heterocycles. The molecule has 1 aliphatic rings. The second kappa shape index (κ2) is 16.2. The number of fused-ring (bicyclic) bond motifs is 1. The number of amides is 3. The Kier molecular flexibility index (Phi) is 12.4. The summed E-state index contributed by atoms with van der Waals surface area (Å²) in [5, 5.41) is 41.3. The number of nitro groups is 1. The van der Waals surface area contributed by atoms with Gasteiger partial charge in [-0.1, -0.05) is 57.2 Å². The number of rotatable bonds is 15. The molecule has 1 aliphatic heterocycles. The van der Waals surface area contributed by atoms with E-state index < -0.39 is 52.7 Å². The summed E-state index contributed by atoms with van der Waals surface area (Å²) in [4.78, 5) is 73.8. The lowest BCUT2D eigenvalue weighted by Gasteiger charge is -2.24. The van der Waals surface area contributed by atoms with Crippen molar-refractivity contribution in [3.05, 3.63) is 93.9 Å². The highest BCUT2D eigenvalue weighted by Gasteiger charge is 2.38. The molecule has 0 bridgehead atoms. The first-order valence-electron chi connectivity index (χ1n) is 15.1. The molecule has 0 aromatic heterocycles. The predicted molar refractivity (Wildman–Crippen MR) is 176 cm³/mol. The van der Waals surface area contributed by atoms with E-state index in [1.54, 1.807) is 48.5 Å². The van der Waals surface area contributed by atoms with Crippen LogP contribution in [0.1, 0.15) is 64.1 Å². The molecule has 2 aromatic rings. The van der Waals surface area contributed by atoms with Crippen LogP contribution in [-0.2, 0) is 30.5 Å². The second-order valence-electron chi connectivity index (χ2n) is 12.4. The quantitative estimate of drug-likeness (QED) is 0.0917. The Morgan fingerprint density at radius 2 is 1.52 bits per heavy atom. The molecule has 0 fully saturated rings. The highest BCUT2D eigenvalue weighted by molar-refractivity contribution is 5.92. The summed E-state index contributed by atoms with van der Waals surface area (Å²) in [6.07, 6.45) is 3.44. The van der Waals surface area contributed by atoms with E-state index in [4.69, 9.17) is 0 Å². The molecule has 0 aliphatic carbocycles. The zero-order valence-electron chi connectivity index (χ0n) is 27.1. The van der Waals surface area contributed by atoms with Crippen LogP contribution in [0.3, 0.4) is 0 Å². The summed E-state index contributed by atoms with van der Waals surface area (Å²) in [5.74, 6) is -4.11. The highest BCUT2D eigenvalue weighted by atomic mass is 16.6. The monoisotopic (exact) mass is 664 g/mol. The number of benzene rings is 2. The van der Waals surface area contributed by atoms with Crippen molar-refractivity contribution in [1.82, 2.24) is 15.5 Å². The number of carboxylic acids is 2. The summed E-state index contributed by atoms with van der Waals surface area (Å²) in [5.41, 5.74) is 1.74. The molecule has 3 atom stereocenters. The topological polar surface area (TPSA) is 220 Å². The van der Waals surface area contributed by atoms with Crippen molar-refractivity contribution < 1.29 is 39.1 Å². The highest BCUT2D eigenvalue weighted by Crippen LogP contribution is 2.36.